The van der Waals surface area contributed by atoms with Gasteiger partial charge in [-0.15, -0.1) is 17.7 Å². The average molecular weight is 536 g/mol. The first-order chi connectivity index (χ1) is 17.6. The third-order valence-corrected chi connectivity index (χ3v) is 5.73. The molecule has 0 aromatic carbocycles. The highest BCUT2D eigenvalue weighted by Crippen LogP contribution is 2.22. The lowest BCUT2D eigenvalue weighted by molar-refractivity contribution is -0.710. The predicted octanol–water partition coefficient (Wildman–Crippen LogP) is 7.95. The average Bonchev–Trinajstić information content (AvgIpc) is 2.83. The van der Waals surface area contributed by atoms with E-state index in [4.69, 9.17) is 10.8 Å². The normalized spacial score (nSPS) is 15.2. The van der Waals surface area contributed by atoms with Gasteiger partial charge in [-0.3, -0.25) is 0 Å². The Morgan fingerprint density at radius 2 is 1.27 bits per heavy atom. The topological polar surface area (TPSA) is 66.3 Å². The van der Waals surface area contributed by atoms with Gasteiger partial charge < -0.3 is 10.8 Å². The van der Waals surface area contributed by atoms with Crippen molar-refractivity contribution in [3.63, 3.8) is 0 Å². The first-order valence-electron chi connectivity index (χ1n) is 13.1. The molecule has 0 aliphatic rings. The van der Waals surface area contributed by atoms with E-state index in [0.29, 0.717) is 12.8 Å². The maximum Gasteiger partial charge on any atom is 0.632 e. The van der Waals surface area contributed by atoms with Crippen LogP contribution in [-0.4, -0.2) is 46.7 Å². The summed E-state index contributed by atoms with van der Waals surface area (Å²) in [6.45, 7) is 1.57. The number of unbranched alkanes of at least 4 members (excludes halogenated alkanes) is 6. The second kappa shape index (κ2) is 20.7. The number of carbonyl (C=O) groups is 1. The Bertz CT molecular complexity index is 758. The molecule has 0 radical (unpaired) electrons. The molecule has 0 fully saturated rings. The summed E-state index contributed by atoms with van der Waals surface area (Å²) < 4.78 is 65.3. The van der Waals surface area contributed by atoms with Crippen LogP contribution in [0.15, 0.2) is 48.6 Å². The molecule has 0 aromatic heterocycles. The number of hydrogen-bond donors (Lipinski definition) is 2. The van der Waals surface area contributed by atoms with Crippen LogP contribution in [0.5, 0.6) is 0 Å². The number of carboxylic acids is 1. The van der Waals surface area contributed by atoms with Crippen molar-refractivity contribution in [2.45, 2.75) is 109 Å². The van der Waals surface area contributed by atoms with Gasteiger partial charge in [0.15, 0.2) is 12.1 Å². The molecule has 4 nitrogen and oxygen atoms in total. The zero-order valence-electron chi connectivity index (χ0n) is 21.9. The SMILES string of the molecule is CCCCCC=CCC=CCC=CCC=CCCCCC=[N+](CCCC(N)(C(=O)O)C(F)F)C(F)(F)F. The number of rotatable bonds is 21. The number of allylic oxidation sites excluding steroid dienone is 8. The summed E-state index contributed by atoms with van der Waals surface area (Å²) in [6.07, 6.45) is 18.4. The summed E-state index contributed by atoms with van der Waals surface area (Å²) >= 11 is 0. The van der Waals surface area contributed by atoms with E-state index in [9.17, 15) is 26.7 Å². The van der Waals surface area contributed by atoms with Gasteiger partial charge in [0.2, 0.25) is 0 Å². The van der Waals surface area contributed by atoms with Crippen LogP contribution in [0.1, 0.15) is 90.4 Å². The lowest BCUT2D eigenvalue weighted by atomic mass is 9.95. The van der Waals surface area contributed by atoms with Gasteiger partial charge in [0.25, 0.3) is 6.43 Å². The molecule has 9 heteroatoms. The number of nitrogens with zero attached hydrogens (tertiary/aromatic N) is 1. The summed E-state index contributed by atoms with van der Waals surface area (Å²) in [4.78, 5) is 10.9. The van der Waals surface area contributed by atoms with Crippen molar-refractivity contribution in [2.75, 3.05) is 6.54 Å². The van der Waals surface area contributed by atoms with Gasteiger partial charge in [0, 0.05) is 12.8 Å². The molecule has 0 heterocycles. The van der Waals surface area contributed by atoms with Gasteiger partial charge in [-0.2, -0.15) is 0 Å². The number of carboxylic acid groups (broad SMARTS) is 1. The fourth-order valence-electron chi connectivity index (χ4n) is 3.39. The summed E-state index contributed by atoms with van der Waals surface area (Å²) in [5.74, 6) is -1.93. The number of hydrogen-bond acceptors (Lipinski definition) is 2. The first kappa shape index (κ1) is 34.7. The van der Waals surface area contributed by atoms with E-state index in [1.807, 2.05) is 12.2 Å². The summed E-state index contributed by atoms with van der Waals surface area (Å²) in [6, 6.07) is 0. The number of nitrogens with two attached hydrogens (primary N) is 1. The van der Waals surface area contributed by atoms with Gasteiger partial charge in [-0.05, 0) is 57.8 Å². The molecule has 0 aliphatic carbocycles. The van der Waals surface area contributed by atoms with Crippen LogP contribution < -0.4 is 5.73 Å². The lowest BCUT2D eigenvalue weighted by Gasteiger charge is -2.23. The van der Waals surface area contributed by atoms with Crippen LogP contribution in [0.2, 0.25) is 0 Å². The van der Waals surface area contributed by atoms with E-state index in [-0.39, 0.29) is 11.0 Å². The monoisotopic (exact) mass is 535 g/mol. The number of halogens is 5. The van der Waals surface area contributed by atoms with Crippen LogP contribution in [0, 0.1) is 0 Å². The van der Waals surface area contributed by atoms with Gasteiger partial charge in [-0.25, -0.2) is 13.6 Å². The highest BCUT2D eigenvalue weighted by atomic mass is 19.4. The highest BCUT2D eigenvalue weighted by Gasteiger charge is 2.46. The Labute approximate surface area is 218 Å². The van der Waals surface area contributed by atoms with Gasteiger partial charge in [0.05, 0.1) is 0 Å². The summed E-state index contributed by atoms with van der Waals surface area (Å²) in [5, 5.41) is 8.84. The van der Waals surface area contributed by atoms with E-state index >= 15 is 0 Å². The van der Waals surface area contributed by atoms with Crippen molar-refractivity contribution >= 4 is 12.2 Å². The minimum Gasteiger partial charge on any atom is -0.480 e. The number of alkyl halides is 5. The Kier molecular flexibility index (Phi) is 19.4. The van der Waals surface area contributed by atoms with Crippen LogP contribution >= 0.6 is 0 Å². The maximum atomic E-state index is 13.2. The molecule has 0 bridgehead atoms. The van der Waals surface area contributed by atoms with Crippen molar-refractivity contribution in [1.29, 1.82) is 0 Å². The molecule has 1 unspecified atom stereocenters. The maximum absolute atomic E-state index is 13.2. The molecule has 212 valence electrons. The van der Waals surface area contributed by atoms with Crippen LogP contribution in [0.4, 0.5) is 22.0 Å². The Hall–Kier alpha value is -2.29. The molecule has 1 atom stereocenters. The van der Waals surface area contributed by atoms with Gasteiger partial charge in [-0.1, -0.05) is 68.4 Å². The van der Waals surface area contributed by atoms with E-state index in [2.05, 4.69) is 43.4 Å². The Morgan fingerprint density at radius 3 is 1.70 bits per heavy atom. The second-order valence-electron chi connectivity index (χ2n) is 8.97. The van der Waals surface area contributed by atoms with Crippen molar-refractivity contribution in [3.05, 3.63) is 48.6 Å². The molecule has 37 heavy (non-hydrogen) atoms. The quantitative estimate of drug-likeness (QED) is 0.0391. The van der Waals surface area contributed by atoms with Crippen molar-refractivity contribution in [3.8, 4) is 0 Å². The van der Waals surface area contributed by atoms with E-state index in [0.717, 1.165) is 38.3 Å². The summed E-state index contributed by atoms with van der Waals surface area (Å²) in [7, 11) is 0. The highest BCUT2D eigenvalue weighted by molar-refractivity contribution is 5.79. The molecule has 0 saturated carbocycles. The third kappa shape index (κ3) is 17.7. The van der Waals surface area contributed by atoms with Gasteiger partial charge in [0.1, 0.15) is 6.21 Å². The molecule has 0 saturated heterocycles. The van der Waals surface area contributed by atoms with E-state index < -0.39 is 43.6 Å². The van der Waals surface area contributed by atoms with Crippen LogP contribution in [0.25, 0.3) is 0 Å². The molecular weight excluding hydrogens is 491 g/mol. The zero-order chi connectivity index (χ0) is 28.0. The number of aliphatic carboxylic acids is 1. The molecule has 0 aromatic rings. The molecule has 0 amide bonds. The van der Waals surface area contributed by atoms with Gasteiger partial charge >= 0.3 is 12.3 Å². The van der Waals surface area contributed by atoms with Crippen LogP contribution in [-0.2, 0) is 4.79 Å². The Morgan fingerprint density at radius 1 is 0.811 bits per heavy atom. The predicted molar refractivity (Wildman–Crippen MR) is 140 cm³/mol. The lowest BCUT2D eigenvalue weighted by Crippen LogP contribution is -2.54. The zero-order valence-corrected chi connectivity index (χ0v) is 21.9. The minimum atomic E-state index is -4.67. The minimum absolute atomic E-state index is 0.111. The fraction of sp³-hybridized carbons (Fsp3) is 0.643. The fourth-order valence-corrected chi connectivity index (χ4v) is 3.39. The van der Waals surface area contributed by atoms with E-state index in [1.165, 1.54) is 19.3 Å². The first-order valence-corrected chi connectivity index (χ1v) is 13.1. The molecule has 3 N–H and O–H groups in total. The second-order valence-corrected chi connectivity index (χ2v) is 8.97. The summed E-state index contributed by atoms with van der Waals surface area (Å²) in [5.41, 5.74) is 2.31. The smallest absolute Gasteiger partial charge is 0.480 e. The van der Waals surface area contributed by atoms with Crippen molar-refractivity contribution < 1.29 is 36.4 Å². The molecule has 0 aliphatic heterocycles. The van der Waals surface area contributed by atoms with Crippen molar-refractivity contribution in [1.82, 2.24) is 0 Å². The third-order valence-electron chi connectivity index (χ3n) is 5.73. The van der Waals surface area contributed by atoms with Crippen LogP contribution in [0.3, 0.4) is 0 Å². The standard InChI is InChI=1S/C28H43F5N2O2/c1-2-3-4-5-6-7-8-9-10-11-12-13-14-15-16-17-18-19-20-23-35(28(31,32)33)24-21-22-27(34,25(29)30)26(36)37/h6-7,9-10,12-13,15-16,23,25H,2-5,8,11,14,17-22,24,34H2,1H3/p+1. The largest absolute Gasteiger partial charge is 0.632 e. The molecule has 0 spiro atoms. The van der Waals surface area contributed by atoms with Crippen molar-refractivity contribution in [2.24, 2.45) is 5.73 Å². The Balaban J connectivity index is 4.13. The molecule has 0 rings (SSSR count). The van der Waals surface area contributed by atoms with E-state index in [1.54, 1.807) is 0 Å². The molecular formula is C28H44F5N2O2+.